The number of nitrogens with zero attached hydrogens (tertiary/aromatic N) is 4. The molecule has 0 unspecified atom stereocenters. The van der Waals surface area contributed by atoms with E-state index < -0.39 is 0 Å². The highest BCUT2D eigenvalue weighted by molar-refractivity contribution is 6.31. The highest BCUT2D eigenvalue weighted by Gasteiger charge is 2.09. The van der Waals surface area contributed by atoms with Crippen LogP contribution in [0.5, 0.6) is 0 Å². The molecule has 0 aliphatic carbocycles. The lowest BCUT2D eigenvalue weighted by molar-refractivity contribution is 0.795. The third kappa shape index (κ3) is 2.24. The molecule has 0 spiro atoms. The van der Waals surface area contributed by atoms with Crippen LogP contribution in [0.25, 0.3) is 11.0 Å². The topological polar surface area (TPSA) is 69.6 Å². The predicted octanol–water partition coefficient (Wildman–Crippen LogP) is 2.42. The van der Waals surface area contributed by atoms with Crippen molar-refractivity contribution in [2.24, 2.45) is 0 Å². The van der Waals surface area contributed by atoms with Crippen LogP contribution in [0.2, 0.25) is 5.02 Å². The molecule has 5 nitrogen and oxygen atoms in total. The molecule has 96 valence electrons. The largest absolute Gasteiger partial charge is 0.369 e. The molecule has 0 saturated carbocycles. The van der Waals surface area contributed by atoms with E-state index in [9.17, 15) is 0 Å². The molecular formula is C13H12ClN5. The number of benzene rings is 1. The molecule has 0 bridgehead atoms. The fraction of sp³-hybridized carbons (Fsp3) is 0.154. The summed E-state index contributed by atoms with van der Waals surface area (Å²) in [6.45, 7) is 2.42. The van der Waals surface area contributed by atoms with E-state index in [2.05, 4.69) is 15.0 Å². The van der Waals surface area contributed by atoms with Crippen LogP contribution >= 0.6 is 11.6 Å². The molecule has 3 rings (SSSR count). The molecule has 0 saturated heterocycles. The van der Waals surface area contributed by atoms with Gasteiger partial charge in [0.2, 0.25) is 5.95 Å². The zero-order valence-electron chi connectivity index (χ0n) is 10.3. The first-order valence-corrected chi connectivity index (χ1v) is 6.21. The molecule has 3 aromatic rings. The number of hydrogen-bond donors (Lipinski definition) is 1. The first-order valence-electron chi connectivity index (χ1n) is 5.83. The van der Waals surface area contributed by atoms with Crippen molar-refractivity contribution in [3.8, 4) is 0 Å². The standard InChI is InChI=1S/C13H12ClN5/c1-8-16-5-4-10(17-8)7-19-12-3-2-9(14)6-11(12)18-13(19)15/h2-6H,7H2,1H3,(H2,15,18). The number of hydrogen-bond acceptors (Lipinski definition) is 4. The smallest absolute Gasteiger partial charge is 0.201 e. The van der Waals surface area contributed by atoms with Crippen LogP contribution in [0.15, 0.2) is 30.5 Å². The van der Waals surface area contributed by atoms with Crippen LogP contribution in [0.3, 0.4) is 0 Å². The number of anilines is 1. The van der Waals surface area contributed by atoms with Gasteiger partial charge in [0.25, 0.3) is 0 Å². The fourth-order valence-electron chi connectivity index (χ4n) is 2.04. The van der Waals surface area contributed by atoms with Gasteiger partial charge in [0.15, 0.2) is 0 Å². The van der Waals surface area contributed by atoms with E-state index in [4.69, 9.17) is 17.3 Å². The monoisotopic (exact) mass is 273 g/mol. The highest BCUT2D eigenvalue weighted by Crippen LogP contribution is 2.22. The molecule has 1 aromatic carbocycles. The molecule has 0 radical (unpaired) electrons. The van der Waals surface area contributed by atoms with E-state index >= 15 is 0 Å². The molecule has 19 heavy (non-hydrogen) atoms. The summed E-state index contributed by atoms with van der Waals surface area (Å²) in [5.74, 6) is 1.19. The Bertz CT molecular complexity index is 750. The van der Waals surface area contributed by atoms with Gasteiger partial charge in [-0.05, 0) is 31.2 Å². The molecule has 0 amide bonds. The average Bonchev–Trinajstić information content (AvgIpc) is 2.65. The summed E-state index contributed by atoms with van der Waals surface area (Å²) in [7, 11) is 0. The number of imidazole rings is 1. The predicted molar refractivity (Wildman–Crippen MR) is 75.0 cm³/mol. The third-order valence-electron chi connectivity index (χ3n) is 2.89. The summed E-state index contributed by atoms with van der Waals surface area (Å²) in [6, 6.07) is 7.41. The van der Waals surface area contributed by atoms with Gasteiger partial charge in [-0.2, -0.15) is 0 Å². The first-order chi connectivity index (χ1) is 9.13. The maximum Gasteiger partial charge on any atom is 0.201 e. The van der Waals surface area contributed by atoms with E-state index in [0.717, 1.165) is 22.6 Å². The Kier molecular flexibility index (Phi) is 2.83. The SMILES string of the molecule is Cc1nccc(Cn2c(N)nc3cc(Cl)ccc32)n1. The van der Waals surface area contributed by atoms with Gasteiger partial charge in [-0.3, -0.25) is 0 Å². The van der Waals surface area contributed by atoms with E-state index in [-0.39, 0.29) is 0 Å². The minimum atomic E-state index is 0.452. The van der Waals surface area contributed by atoms with Crippen molar-refractivity contribution in [3.05, 3.63) is 47.0 Å². The molecular weight excluding hydrogens is 262 g/mol. The molecule has 2 aromatic heterocycles. The summed E-state index contributed by atoms with van der Waals surface area (Å²) in [4.78, 5) is 12.8. The second-order valence-electron chi connectivity index (χ2n) is 4.28. The zero-order valence-corrected chi connectivity index (χ0v) is 11.1. The minimum absolute atomic E-state index is 0.452. The van der Waals surface area contributed by atoms with E-state index in [1.54, 1.807) is 12.3 Å². The number of halogens is 1. The normalized spacial score (nSPS) is 11.1. The van der Waals surface area contributed by atoms with E-state index in [1.165, 1.54) is 0 Å². The lowest BCUT2D eigenvalue weighted by atomic mass is 10.3. The first kappa shape index (κ1) is 11.9. The van der Waals surface area contributed by atoms with Crippen molar-refractivity contribution in [2.75, 3.05) is 5.73 Å². The zero-order chi connectivity index (χ0) is 13.4. The maximum atomic E-state index is 5.95. The summed E-state index contributed by atoms with van der Waals surface area (Å²) >= 11 is 5.95. The van der Waals surface area contributed by atoms with Crippen LogP contribution in [0.1, 0.15) is 11.5 Å². The van der Waals surface area contributed by atoms with E-state index in [1.807, 2.05) is 29.7 Å². The molecule has 0 aliphatic rings. The van der Waals surface area contributed by atoms with Crippen LogP contribution < -0.4 is 5.73 Å². The van der Waals surface area contributed by atoms with Gasteiger partial charge in [-0.25, -0.2) is 15.0 Å². The number of aromatic nitrogens is 4. The number of nitrogen functional groups attached to an aromatic ring is 1. The Morgan fingerprint density at radius 1 is 1.26 bits per heavy atom. The van der Waals surface area contributed by atoms with Crippen LogP contribution in [0.4, 0.5) is 5.95 Å². The van der Waals surface area contributed by atoms with Gasteiger partial charge in [0.05, 0.1) is 23.3 Å². The highest BCUT2D eigenvalue weighted by atomic mass is 35.5. The Labute approximate surface area is 115 Å². The van der Waals surface area contributed by atoms with Crippen molar-refractivity contribution in [1.29, 1.82) is 0 Å². The Morgan fingerprint density at radius 2 is 2.11 bits per heavy atom. The van der Waals surface area contributed by atoms with Gasteiger partial charge in [0, 0.05) is 11.2 Å². The van der Waals surface area contributed by atoms with Gasteiger partial charge in [-0.1, -0.05) is 11.6 Å². The summed E-state index contributed by atoms with van der Waals surface area (Å²) < 4.78 is 1.91. The van der Waals surface area contributed by atoms with Crippen molar-refractivity contribution < 1.29 is 0 Å². The Hall–Kier alpha value is -2.14. The van der Waals surface area contributed by atoms with Crippen LogP contribution in [-0.2, 0) is 6.54 Å². The summed E-state index contributed by atoms with van der Waals surface area (Å²) in [5, 5.41) is 0.648. The summed E-state index contributed by atoms with van der Waals surface area (Å²) in [6.07, 6.45) is 1.74. The second-order valence-corrected chi connectivity index (χ2v) is 4.72. The Balaban J connectivity index is 2.07. The molecule has 0 atom stereocenters. The molecule has 2 heterocycles. The van der Waals surface area contributed by atoms with E-state index in [0.29, 0.717) is 17.5 Å². The minimum Gasteiger partial charge on any atom is -0.369 e. The van der Waals surface area contributed by atoms with Gasteiger partial charge in [0.1, 0.15) is 5.82 Å². The second kappa shape index (κ2) is 4.51. The van der Waals surface area contributed by atoms with Crippen molar-refractivity contribution in [3.63, 3.8) is 0 Å². The number of aryl methyl sites for hydroxylation is 1. The van der Waals surface area contributed by atoms with Crippen molar-refractivity contribution in [1.82, 2.24) is 19.5 Å². The Morgan fingerprint density at radius 3 is 2.89 bits per heavy atom. The quantitative estimate of drug-likeness (QED) is 0.778. The average molecular weight is 274 g/mol. The van der Waals surface area contributed by atoms with Crippen LogP contribution in [-0.4, -0.2) is 19.5 Å². The third-order valence-corrected chi connectivity index (χ3v) is 3.13. The van der Waals surface area contributed by atoms with Gasteiger partial charge < -0.3 is 10.3 Å². The maximum absolute atomic E-state index is 5.95. The van der Waals surface area contributed by atoms with Gasteiger partial charge in [-0.15, -0.1) is 0 Å². The molecule has 6 heteroatoms. The molecule has 2 N–H and O–H groups in total. The number of fused-ring (bicyclic) bond motifs is 1. The number of rotatable bonds is 2. The van der Waals surface area contributed by atoms with Crippen molar-refractivity contribution in [2.45, 2.75) is 13.5 Å². The van der Waals surface area contributed by atoms with Gasteiger partial charge >= 0.3 is 0 Å². The fourth-order valence-corrected chi connectivity index (χ4v) is 2.21. The molecule has 0 aliphatic heterocycles. The van der Waals surface area contributed by atoms with Crippen LogP contribution in [0, 0.1) is 6.92 Å². The number of nitrogens with two attached hydrogens (primary N) is 1. The summed E-state index contributed by atoms with van der Waals surface area (Å²) in [5.41, 5.74) is 8.58. The lowest BCUT2D eigenvalue weighted by Crippen LogP contribution is -2.06. The lowest BCUT2D eigenvalue weighted by Gasteiger charge is -2.06. The molecule has 0 fully saturated rings. The van der Waals surface area contributed by atoms with Crippen molar-refractivity contribution >= 4 is 28.6 Å².